The first-order valence-corrected chi connectivity index (χ1v) is 10.3. The van der Waals surface area contributed by atoms with Crippen molar-refractivity contribution in [2.45, 2.75) is 18.7 Å². The Morgan fingerprint density at radius 3 is 2.33 bits per heavy atom. The number of ether oxygens (including phenoxy) is 1. The van der Waals surface area contributed by atoms with Crippen LogP contribution < -0.4 is 4.90 Å². The Labute approximate surface area is 160 Å². The van der Waals surface area contributed by atoms with Gasteiger partial charge in [0, 0.05) is 31.9 Å². The lowest BCUT2D eigenvalue weighted by Crippen LogP contribution is -2.48. The summed E-state index contributed by atoms with van der Waals surface area (Å²) in [5.41, 5.74) is 3.83. The highest BCUT2D eigenvalue weighted by Gasteiger charge is 2.29. The van der Waals surface area contributed by atoms with Crippen molar-refractivity contribution >= 4 is 21.7 Å². The van der Waals surface area contributed by atoms with Gasteiger partial charge in [0.1, 0.15) is 0 Å². The minimum absolute atomic E-state index is 0.116. The van der Waals surface area contributed by atoms with E-state index in [2.05, 4.69) is 35.6 Å². The fourth-order valence-electron chi connectivity index (χ4n) is 3.30. The number of carbonyl (C=O) groups is 1. The predicted molar refractivity (Wildman–Crippen MR) is 105 cm³/mol. The SMILES string of the molecule is COC(=O)c1cccc(S(=O)(=O)N2CCN(c3cccc(C)c3C)CC2)c1. The van der Waals surface area contributed by atoms with Gasteiger partial charge in [-0.2, -0.15) is 4.31 Å². The van der Waals surface area contributed by atoms with E-state index >= 15 is 0 Å². The fraction of sp³-hybridized carbons (Fsp3) is 0.350. The van der Waals surface area contributed by atoms with E-state index in [4.69, 9.17) is 0 Å². The molecular weight excluding hydrogens is 364 g/mol. The number of hydrogen-bond donors (Lipinski definition) is 0. The molecule has 1 aliphatic heterocycles. The lowest BCUT2D eigenvalue weighted by Gasteiger charge is -2.36. The molecule has 144 valence electrons. The molecule has 6 nitrogen and oxygen atoms in total. The van der Waals surface area contributed by atoms with E-state index in [-0.39, 0.29) is 10.5 Å². The summed E-state index contributed by atoms with van der Waals surface area (Å²) in [6, 6.07) is 12.2. The van der Waals surface area contributed by atoms with Gasteiger partial charge in [-0.3, -0.25) is 0 Å². The van der Waals surface area contributed by atoms with E-state index in [0.29, 0.717) is 26.2 Å². The maximum Gasteiger partial charge on any atom is 0.337 e. The largest absolute Gasteiger partial charge is 0.465 e. The Kier molecular flexibility index (Phi) is 5.53. The second-order valence-electron chi connectivity index (χ2n) is 6.63. The standard InChI is InChI=1S/C20H24N2O4S/c1-15-6-4-9-19(16(15)2)21-10-12-22(13-11-21)27(24,25)18-8-5-7-17(14-18)20(23)26-3/h4-9,14H,10-13H2,1-3H3. The third-order valence-corrected chi connectivity index (χ3v) is 6.94. The first-order chi connectivity index (χ1) is 12.8. The minimum atomic E-state index is -3.65. The molecule has 7 heteroatoms. The first-order valence-electron chi connectivity index (χ1n) is 8.84. The Morgan fingerprint density at radius 2 is 1.67 bits per heavy atom. The smallest absolute Gasteiger partial charge is 0.337 e. The van der Waals surface area contributed by atoms with Crippen molar-refractivity contribution in [3.8, 4) is 0 Å². The van der Waals surface area contributed by atoms with E-state index in [9.17, 15) is 13.2 Å². The number of carbonyl (C=O) groups excluding carboxylic acids is 1. The number of esters is 1. The molecule has 0 spiro atoms. The van der Waals surface area contributed by atoms with E-state index in [1.807, 2.05) is 6.07 Å². The van der Waals surface area contributed by atoms with Crippen LogP contribution in [0.25, 0.3) is 0 Å². The zero-order valence-electron chi connectivity index (χ0n) is 15.8. The average molecular weight is 388 g/mol. The molecule has 3 rings (SSSR count). The van der Waals surface area contributed by atoms with E-state index in [0.717, 1.165) is 5.69 Å². The van der Waals surface area contributed by atoms with Crippen molar-refractivity contribution in [3.05, 3.63) is 59.2 Å². The molecule has 1 aliphatic rings. The molecular formula is C20H24N2O4S. The number of hydrogen-bond acceptors (Lipinski definition) is 5. The highest BCUT2D eigenvalue weighted by Crippen LogP contribution is 2.26. The Balaban J connectivity index is 1.77. The minimum Gasteiger partial charge on any atom is -0.465 e. The van der Waals surface area contributed by atoms with Crippen LogP contribution >= 0.6 is 0 Å². The number of nitrogens with zero attached hydrogens (tertiary/aromatic N) is 2. The molecule has 2 aromatic carbocycles. The van der Waals surface area contributed by atoms with Crippen LogP contribution in [0.2, 0.25) is 0 Å². The van der Waals surface area contributed by atoms with Crippen LogP contribution in [0.4, 0.5) is 5.69 Å². The number of sulfonamides is 1. The van der Waals surface area contributed by atoms with Gasteiger partial charge in [0.25, 0.3) is 0 Å². The van der Waals surface area contributed by atoms with E-state index in [1.165, 1.54) is 34.7 Å². The van der Waals surface area contributed by atoms with Gasteiger partial charge in [0.05, 0.1) is 17.6 Å². The van der Waals surface area contributed by atoms with Crippen molar-refractivity contribution in [2.75, 3.05) is 38.2 Å². The first kappa shape index (κ1) is 19.4. The highest BCUT2D eigenvalue weighted by atomic mass is 32.2. The zero-order valence-corrected chi connectivity index (χ0v) is 16.6. The Hall–Kier alpha value is -2.38. The van der Waals surface area contributed by atoms with Crippen molar-refractivity contribution < 1.29 is 17.9 Å². The normalized spacial score (nSPS) is 15.6. The average Bonchev–Trinajstić information content (AvgIpc) is 2.69. The number of anilines is 1. The lowest BCUT2D eigenvalue weighted by atomic mass is 10.1. The van der Waals surface area contributed by atoms with Crippen molar-refractivity contribution in [2.24, 2.45) is 0 Å². The molecule has 0 amide bonds. The quantitative estimate of drug-likeness (QED) is 0.753. The van der Waals surface area contributed by atoms with Crippen molar-refractivity contribution in [1.82, 2.24) is 4.31 Å². The summed E-state index contributed by atoms with van der Waals surface area (Å²) in [5, 5.41) is 0. The van der Waals surface area contributed by atoms with Gasteiger partial charge in [-0.25, -0.2) is 13.2 Å². The predicted octanol–water partition coefficient (Wildman–Crippen LogP) is 2.60. The van der Waals surface area contributed by atoms with Gasteiger partial charge in [0.15, 0.2) is 0 Å². The second kappa shape index (κ2) is 7.70. The molecule has 27 heavy (non-hydrogen) atoms. The lowest BCUT2D eigenvalue weighted by molar-refractivity contribution is 0.0600. The Bertz CT molecular complexity index is 948. The van der Waals surface area contributed by atoms with E-state index in [1.54, 1.807) is 12.1 Å². The van der Waals surface area contributed by atoms with Gasteiger partial charge in [-0.15, -0.1) is 0 Å². The molecule has 1 fully saturated rings. The van der Waals surface area contributed by atoms with Gasteiger partial charge in [-0.05, 0) is 49.2 Å². The third-order valence-electron chi connectivity index (χ3n) is 5.05. The second-order valence-corrected chi connectivity index (χ2v) is 8.57. The maximum atomic E-state index is 13.0. The van der Waals surface area contributed by atoms with Gasteiger partial charge in [-0.1, -0.05) is 18.2 Å². The van der Waals surface area contributed by atoms with Gasteiger partial charge < -0.3 is 9.64 Å². The number of benzene rings is 2. The number of rotatable bonds is 4. The molecule has 1 heterocycles. The summed E-state index contributed by atoms with van der Waals surface area (Å²) in [5.74, 6) is -0.549. The molecule has 1 saturated heterocycles. The van der Waals surface area contributed by atoms with Crippen molar-refractivity contribution in [3.63, 3.8) is 0 Å². The molecule has 2 aromatic rings. The molecule has 0 N–H and O–H groups in total. The number of aryl methyl sites for hydroxylation is 1. The topological polar surface area (TPSA) is 66.9 Å². The molecule has 0 atom stereocenters. The summed E-state index contributed by atoms with van der Waals surface area (Å²) in [4.78, 5) is 14.0. The summed E-state index contributed by atoms with van der Waals surface area (Å²) in [6.45, 7) is 6.22. The third kappa shape index (κ3) is 3.84. The van der Waals surface area contributed by atoms with Crippen LogP contribution in [0, 0.1) is 13.8 Å². The number of methoxy groups -OCH3 is 1. The fourth-order valence-corrected chi connectivity index (χ4v) is 4.77. The van der Waals surface area contributed by atoms with Crippen LogP contribution in [0.1, 0.15) is 21.5 Å². The summed E-state index contributed by atoms with van der Waals surface area (Å²) >= 11 is 0. The molecule has 0 aromatic heterocycles. The van der Waals surface area contributed by atoms with Crippen LogP contribution in [0.3, 0.4) is 0 Å². The zero-order chi connectivity index (χ0) is 19.6. The molecule has 0 aliphatic carbocycles. The Morgan fingerprint density at radius 1 is 1.00 bits per heavy atom. The molecule has 0 unspecified atom stereocenters. The summed E-state index contributed by atoms with van der Waals surface area (Å²) < 4.78 is 32.1. The molecule has 0 saturated carbocycles. The highest BCUT2D eigenvalue weighted by molar-refractivity contribution is 7.89. The maximum absolute atomic E-state index is 13.0. The summed E-state index contributed by atoms with van der Waals surface area (Å²) in [7, 11) is -2.38. The monoisotopic (exact) mass is 388 g/mol. The molecule has 0 bridgehead atoms. The van der Waals surface area contributed by atoms with Crippen LogP contribution in [0.15, 0.2) is 47.4 Å². The van der Waals surface area contributed by atoms with E-state index < -0.39 is 16.0 Å². The van der Waals surface area contributed by atoms with Gasteiger partial charge >= 0.3 is 5.97 Å². The van der Waals surface area contributed by atoms with Gasteiger partial charge in [0.2, 0.25) is 10.0 Å². The van der Waals surface area contributed by atoms with Crippen LogP contribution in [-0.2, 0) is 14.8 Å². The van der Waals surface area contributed by atoms with Crippen LogP contribution in [0.5, 0.6) is 0 Å². The molecule has 0 radical (unpaired) electrons. The summed E-state index contributed by atoms with van der Waals surface area (Å²) in [6.07, 6.45) is 0. The number of piperazine rings is 1. The van der Waals surface area contributed by atoms with Crippen LogP contribution in [-0.4, -0.2) is 52.0 Å². The van der Waals surface area contributed by atoms with Crippen molar-refractivity contribution in [1.29, 1.82) is 0 Å².